The summed E-state index contributed by atoms with van der Waals surface area (Å²) in [5.74, 6) is 0.0815. The number of carbonyl (C=O) groups excluding carboxylic acids is 1. The molecule has 0 aliphatic carbocycles. The van der Waals surface area contributed by atoms with Crippen molar-refractivity contribution >= 4 is 57.5 Å². The molecule has 0 radical (unpaired) electrons. The second-order valence-corrected chi connectivity index (χ2v) is 9.51. The van der Waals surface area contributed by atoms with Gasteiger partial charge in [-0.1, -0.05) is 77.8 Å². The van der Waals surface area contributed by atoms with Crippen LogP contribution in [0.3, 0.4) is 0 Å². The van der Waals surface area contributed by atoms with Gasteiger partial charge >= 0.3 is 0 Å². The quantitative estimate of drug-likeness (QED) is 0.353. The van der Waals surface area contributed by atoms with Crippen LogP contribution in [0.25, 0.3) is 22.2 Å². The molecule has 5 rings (SSSR count). The Morgan fingerprint density at radius 3 is 2.43 bits per heavy atom. The molecule has 0 bridgehead atoms. The summed E-state index contributed by atoms with van der Waals surface area (Å²) in [5.41, 5.74) is 4.82. The highest BCUT2D eigenvalue weighted by molar-refractivity contribution is 8.01. The number of aromatic amines is 1. The molecule has 0 spiro atoms. The third-order valence-corrected chi connectivity index (χ3v) is 7.45. The molecule has 1 aliphatic heterocycles. The Morgan fingerprint density at radius 1 is 0.933 bits per heavy atom. The molecule has 2 atom stereocenters. The molecule has 1 amide bonds. The number of thioether (sulfide) groups is 1. The predicted molar refractivity (Wildman–Crippen MR) is 127 cm³/mol. The van der Waals surface area contributed by atoms with Crippen LogP contribution in [-0.4, -0.2) is 16.1 Å². The lowest BCUT2D eigenvalue weighted by Crippen LogP contribution is -2.30. The van der Waals surface area contributed by atoms with Crippen LogP contribution in [0.2, 0.25) is 10.0 Å². The van der Waals surface area contributed by atoms with E-state index >= 15 is 0 Å². The molecule has 30 heavy (non-hydrogen) atoms. The minimum atomic E-state index is -0.191. The van der Waals surface area contributed by atoms with E-state index in [1.165, 1.54) is 0 Å². The Balaban J connectivity index is 1.74. The molecule has 2 unspecified atom stereocenters. The van der Waals surface area contributed by atoms with Gasteiger partial charge in [0.15, 0.2) is 0 Å². The first-order chi connectivity index (χ1) is 14.5. The highest BCUT2D eigenvalue weighted by atomic mass is 35.5. The number of aromatic nitrogens is 1. The van der Waals surface area contributed by atoms with Crippen molar-refractivity contribution in [2.24, 2.45) is 0 Å². The van der Waals surface area contributed by atoms with Crippen LogP contribution in [0.15, 0.2) is 72.8 Å². The van der Waals surface area contributed by atoms with E-state index in [0.29, 0.717) is 10.0 Å². The van der Waals surface area contributed by atoms with E-state index < -0.39 is 0 Å². The fourth-order valence-electron chi connectivity index (χ4n) is 3.94. The Hall–Kier alpha value is -2.40. The minimum absolute atomic E-state index is 0.0815. The monoisotopic (exact) mass is 452 g/mol. The van der Waals surface area contributed by atoms with Gasteiger partial charge in [-0.3, -0.25) is 9.69 Å². The van der Waals surface area contributed by atoms with Crippen molar-refractivity contribution in [1.82, 2.24) is 4.98 Å². The number of anilines is 1. The van der Waals surface area contributed by atoms with Gasteiger partial charge in [0.05, 0.1) is 26.7 Å². The van der Waals surface area contributed by atoms with Gasteiger partial charge in [-0.2, -0.15) is 0 Å². The number of hydrogen-bond donors (Lipinski definition) is 1. The van der Waals surface area contributed by atoms with E-state index in [-0.39, 0.29) is 16.5 Å². The number of benzene rings is 3. The number of carbonyl (C=O) groups is 1. The number of H-pyrrole nitrogens is 1. The Labute approximate surface area is 189 Å². The number of nitrogens with zero attached hydrogens (tertiary/aromatic N) is 1. The van der Waals surface area contributed by atoms with Crippen LogP contribution in [0.5, 0.6) is 0 Å². The molecule has 1 aromatic heterocycles. The van der Waals surface area contributed by atoms with Gasteiger partial charge in [0.1, 0.15) is 5.37 Å². The van der Waals surface area contributed by atoms with E-state index in [1.807, 2.05) is 60.4 Å². The zero-order valence-electron chi connectivity index (χ0n) is 16.1. The molecular formula is C24H18Cl2N2OS. The first-order valence-corrected chi connectivity index (χ1v) is 11.3. The fourth-order valence-corrected chi connectivity index (χ4v) is 5.49. The van der Waals surface area contributed by atoms with Gasteiger partial charge in [0.25, 0.3) is 0 Å². The Morgan fingerprint density at radius 2 is 1.67 bits per heavy atom. The van der Waals surface area contributed by atoms with Gasteiger partial charge in [0, 0.05) is 16.5 Å². The normalized spacial score (nSPS) is 19.0. The molecule has 3 aromatic carbocycles. The van der Waals surface area contributed by atoms with Crippen molar-refractivity contribution in [3.8, 4) is 11.3 Å². The second kappa shape index (κ2) is 7.69. The maximum Gasteiger partial charge on any atom is 0.241 e. The highest BCUT2D eigenvalue weighted by Crippen LogP contribution is 2.50. The third kappa shape index (κ3) is 3.20. The molecule has 2 heterocycles. The van der Waals surface area contributed by atoms with Crippen LogP contribution < -0.4 is 4.90 Å². The van der Waals surface area contributed by atoms with Crippen LogP contribution >= 0.6 is 35.0 Å². The molecule has 4 aromatic rings. The largest absolute Gasteiger partial charge is 0.353 e. The van der Waals surface area contributed by atoms with Gasteiger partial charge < -0.3 is 4.98 Å². The van der Waals surface area contributed by atoms with Crippen LogP contribution in [-0.2, 0) is 4.79 Å². The lowest BCUT2D eigenvalue weighted by Gasteiger charge is -2.25. The predicted octanol–water partition coefficient (Wildman–Crippen LogP) is 7.31. The fraction of sp³-hybridized carbons (Fsp3) is 0.125. The van der Waals surface area contributed by atoms with E-state index in [0.717, 1.165) is 33.4 Å². The topological polar surface area (TPSA) is 36.1 Å². The maximum absolute atomic E-state index is 13.4. The van der Waals surface area contributed by atoms with E-state index in [4.69, 9.17) is 23.2 Å². The molecule has 6 heteroatoms. The number of para-hydroxylation sites is 1. The number of fused-ring (bicyclic) bond motifs is 1. The minimum Gasteiger partial charge on any atom is -0.353 e. The Bertz CT molecular complexity index is 1250. The molecule has 1 saturated heterocycles. The third-order valence-electron chi connectivity index (χ3n) is 5.36. The molecule has 3 nitrogen and oxygen atoms in total. The molecule has 1 fully saturated rings. The van der Waals surface area contributed by atoms with Crippen LogP contribution in [0.1, 0.15) is 17.9 Å². The molecule has 1 aliphatic rings. The van der Waals surface area contributed by atoms with E-state index in [2.05, 4.69) is 23.2 Å². The van der Waals surface area contributed by atoms with Crippen molar-refractivity contribution in [1.29, 1.82) is 0 Å². The van der Waals surface area contributed by atoms with Crippen molar-refractivity contribution in [2.75, 3.05) is 4.90 Å². The van der Waals surface area contributed by atoms with Crippen molar-refractivity contribution in [3.05, 3.63) is 88.4 Å². The SMILES string of the molecule is CC1SC(c2ccc(Cl)c(Cl)c2)N(c2c(-c3ccccc3)[nH]c3ccccc23)C1=O. The van der Waals surface area contributed by atoms with Crippen LogP contribution in [0, 0.1) is 0 Å². The van der Waals surface area contributed by atoms with Gasteiger partial charge in [-0.15, -0.1) is 11.8 Å². The zero-order valence-corrected chi connectivity index (χ0v) is 18.4. The highest BCUT2D eigenvalue weighted by Gasteiger charge is 2.42. The number of halogens is 2. The zero-order chi connectivity index (χ0) is 20.8. The number of nitrogens with one attached hydrogen (secondary N) is 1. The lowest BCUT2D eigenvalue weighted by atomic mass is 10.1. The van der Waals surface area contributed by atoms with Crippen molar-refractivity contribution in [3.63, 3.8) is 0 Å². The number of rotatable bonds is 3. The smallest absolute Gasteiger partial charge is 0.241 e. The second-order valence-electron chi connectivity index (χ2n) is 7.27. The summed E-state index contributed by atoms with van der Waals surface area (Å²) in [6.45, 7) is 1.95. The molecule has 0 saturated carbocycles. The summed E-state index contributed by atoms with van der Waals surface area (Å²) in [4.78, 5) is 18.8. The van der Waals surface area contributed by atoms with Gasteiger partial charge in [-0.25, -0.2) is 0 Å². The summed E-state index contributed by atoms with van der Waals surface area (Å²) >= 11 is 14.1. The van der Waals surface area contributed by atoms with Crippen LogP contribution in [0.4, 0.5) is 5.69 Å². The average molecular weight is 453 g/mol. The Kier molecular flexibility index (Phi) is 5.02. The molecular weight excluding hydrogens is 435 g/mol. The van der Waals surface area contributed by atoms with Crippen molar-refractivity contribution in [2.45, 2.75) is 17.5 Å². The molecule has 1 N–H and O–H groups in total. The van der Waals surface area contributed by atoms with Gasteiger partial charge in [0.2, 0.25) is 5.91 Å². The van der Waals surface area contributed by atoms with E-state index in [9.17, 15) is 4.79 Å². The number of hydrogen-bond acceptors (Lipinski definition) is 2. The molecule has 150 valence electrons. The average Bonchev–Trinajstić information content (AvgIpc) is 3.28. The lowest BCUT2D eigenvalue weighted by molar-refractivity contribution is -0.117. The van der Waals surface area contributed by atoms with Crippen molar-refractivity contribution < 1.29 is 4.79 Å². The first-order valence-electron chi connectivity index (χ1n) is 9.64. The summed E-state index contributed by atoms with van der Waals surface area (Å²) in [6, 6.07) is 23.8. The summed E-state index contributed by atoms with van der Waals surface area (Å²) in [6.07, 6.45) is 0. The first kappa shape index (κ1) is 19.6. The number of amides is 1. The van der Waals surface area contributed by atoms with E-state index in [1.54, 1.807) is 17.8 Å². The summed E-state index contributed by atoms with van der Waals surface area (Å²) in [5, 5.41) is 1.66. The summed E-state index contributed by atoms with van der Waals surface area (Å²) < 4.78 is 0. The maximum atomic E-state index is 13.4. The standard InChI is InChI=1S/C24H18Cl2N2OS/c1-14-23(29)28(24(30-14)16-11-12-18(25)19(26)13-16)22-17-9-5-6-10-20(17)27-21(22)15-7-3-2-4-8-15/h2-14,24,27H,1H3. The van der Waals surface area contributed by atoms with Gasteiger partial charge in [-0.05, 0) is 30.7 Å². The summed E-state index contributed by atoms with van der Waals surface area (Å²) in [7, 11) is 0.